The van der Waals surface area contributed by atoms with E-state index < -0.39 is 0 Å². The van der Waals surface area contributed by atoms with Crippen molar-refractivity contribution in [1.82, 2.24) is 9.78 Å². The number of nitrogens with zero attached hydrogens (tertiary/aromatic N) is 2. The van der Waals surface area contributed by atoms with Crippen LogP contribution in [0.15, 0.2) is 84.2 Å². The van der Waals surface area contributed by atoms with Gasteiger partial charge in [0.2, 0.25) is 0 Å². The monoisotopic (exact) mass is 360 g/mol. The topological polar surface area (TPSA) is 59.0 Å². The van der Waals surface area contributed by atoms with Gasteiger partial charge in [0.15, 0.2) is 5.82 Å². The summed E-state index contributed by atoms with van der Waals surface area (Å²) >= 11 is 1.40. The Morgan fingerprint density at radius 1 is 0.846 bits per heavy atom. The molecule has 0 aliphatic rings. The van der Waals surface area contributed by atoms with Gasteiger partial charge >= 0.3 is 0 Å². The number of hydrogen-bond donors (Lipinski definition) is 2. The Morgan fingerprint density at radius 2 is 1.50 bits per heavy atom. The Kier molecular flexibility index (Phi) is 4.49. The van der Waals surface area contributed by atoms with Crippen LogP contribution in [-0.2, 0) is 0 Å². The van der Waals surface area contributed by atoms with Gasteiger partial charge < -0.3 is 10.6 Å². The average Bonchev–Trinajstić information content (AvgIpc) is 3.33. The molecular formula is C20H16N4OS. The van der Waals surface area contributed by atoms with E-state index in [-0.39, 0.29) is 5.91 Å². The van der Waals surface area contributed by atoms with Crippen LogP contribution in [0.4, 0.5) is 23.0 Å². The fourth-order valence-electron chi connectivity index (χ4n) is 2.53. The third-order valence-electron chi connectivity index (χ3n) is 3.73. The number of benzene rings is 2. The van der Waals surface area contributed by atoms with E-state index in [9.17, 15) is 4.79 Å². The zero-order valence-electron chi connectivity index (χ0n) is 13.8. The highest BCUT2D eigenvalue weighted by Gasteiger charge is 2.17. The minimum atomic E-state index is -0.167. The minimum absolute atomic E-state index is 0.167. The molecule has 4 aromatic rings. The van der Waals surface area contributed by atoms with Crippen LogP contribution in [0.25, 0.3) is 0 Å². The van der Waals surface area contributed by atoms with Gasteiger partial charge in [-0.1, -0.05) is 42.5 Å². The van der Waals surface area contributed by atoms with Gasteiger partial charge in [-0.15, -0.1) is 16.4 Å². The summed E-state index contributed by atoms with van der Waals surface area (Å²) in [7, 11) is 0. The van der Waals surface area contributed by atoms with E-state index in [1.807, 2.05) is 78.2 Å². The van der Waals surface area contributed by atoms with Gasteiger partial charge in [0.05, 0.1) is 4.88 Å². The number of para-hydroxylation sites is 2. The molecule has 0 saturated carbocycles. The number of aromatic nitrogens is 2. The van der Waals surface area contributed by atoms with Crippen molar-refractivity contribution in [3.63, 3.8) is 0 Å². The van der Waals surface area contributed by atoms with Gasteiger partial charge in [0, 0.05) is 17.4 Å². The Balaban J connectivity index is 1.69. The average molecular weight is 360 g/mol. The second-order valence-electron chi connectivity index (χ2n) is 5.59. The van der Waals surface area contributed by atoms with Gasteiger partial charge in [0.25, 0.3) is 5.91 Å². The lowest BCUT2D eigenvalue weighted by molar-refractivity contribution is 0.0952. The van der Waals surface area contributed by atoms with Crippen molar-refractivity contribution in [1.29, 1.82) is 0 Å². The van der Waals surface area contributed by atoms with Crippen molar-refractivity contribution in [2.75, 3.05) is 10.6 Å². The van der Waals surface area contributed by atoms with E-state index in [4.69, 9.17) is 0 Å². The van der Waals surface area contributed by atoms with E-state index >= 15 is 0 Å². The molecular weight excluding hydrogens is 344 g/mol. The largest absolute Gasteiger partial charge is 0.340 e. The quantitative estimate of drug-likeness (QED) is 0.519. The van der Waals surface area contributed by atoms with Crippen LogP contribution in [0.3, 0.4) is 0 Å². The first kappa shape index (κ1) is 16.1. The molecule has 2 N–H and O–H groups in total. The SMILES string of the molecule is O=C(c1cccs1)n1nc(Nc2ccccc2)cc1Nc1ccccc1. The fourth-order valence-corrected chi connectivity index (χ4v) is 3.18. The maximum atomic E-state index is 12.8. The van der Waals surface area contributed by atoms with Crippen LogP contribution in [-0.4, -0.2) is 15.7 Å². The standard InChI is InChI=1S/C20H16N4OS/c25-20(17-12-7-13-26-17)24-19(22-16-10-5-2-6-11-16)14-18(23-24)21-15-8-3-1-4-9-15/h1-14,22H,(H,21,23). The van der Waals surface area contributed by atoms with Gasteiger partial charge in [-0.05, 0) is 35.7 Å². The van der Waals surface area contributed by atoms with E-state index in [1.165, 1.54) is 16.0 Å². The molecule has 4 rings (SSSR count). The summed E-state index contributed by atoms with van der Waals surface area (Å²) in [5.41, 5.74) is 1.80. The predicted octanol–water partition coefficient (Wildman–Crippen LogP) is 5.12. The number of carbonyl (C=O) groups excluding carboxylic acids is 1. The molecule has 0 saturated heterocycles. The molecule has 0 aliphatic heterocycles. The van der Waals surface area contributed by atoms with E-state index in [0.29, 0.717) is 16.5 Å². The number of thiophene rings is 1. The number of nitrogens with one attached hydrogen (secondary N) is 2. The van der Waals surface area contributed by atoms with Crippen molar-refractivity contribution in [2.45, 2.75) is 0 Å². The summed E-state index contributed by atoms with van der Waals surface area (Å²) in [6.45, 7) is 0. The van der Waals surface area contributed by atoms with Gasteiger partial charge in [-0.3, -0.25) is 4.79 Å². The normalized spacial score (nSPS) is 10.5. The number of hydrogen-bond acceptors (Lipinski definition) is 5. The molecule has 2 heterocycles. The summed E-state index contributed by atoms with van der Waals surface area (Å²) in [6, 6.07) is 24.9. The predicted molar refractivity (Wildman–Crippen MR) is 106 cm³/mol. The summed E-state index contributed by atoms with van der Waals surface area (Å²) < 4.78 is 1.39. The molecule has 0 amide bonds. The van der Waals surface area contributed by atoms with Crippen LogP contribution in [0.1, 0.15) is 9.67 Å². The van der Waals surface area contributed by atoms with Crippen LogP contribution in [0.2, 0.25) is 0 Å². The molecule has 5 nitrogen and oxygen atoms in total. The number of anilines is 4. The second-order valence-corrected chi connectivity index (χ2v) is 6.54. The third-order valence-corrected chi connectivity index (χ3v) is 4.58. The molecule has 0 atom stereocenters. The van der Waals surface area contributed by atoms with Crippen LogP contribution in [0.5, 0.6) is 0 Å². The summed E-state index contributed by atoms with van der Waals surface area (Å²) in [6.07, 6.45) is 0. The lowest BCUT2D eigenvalue weighted by atomic mass is 10.3. The minimum Gasteiger partial charge on any atom is -0.340 e. The summed E-state index contributed by atoms with van der Waals surface area (Å²) in [4.78, 5) is 13.5. The molecule has 0 bridgehead atoms. The lowest BCUT2D eigenvalue weighted by Gasteiger charge is -2.07. The third kappa shape index (κ3) is 3.50. The highest BCUT2D eigenvalue weighted by molar-refractivity contribution is 7.12. The molecule has 0 aliphatic carbocycles. The molecule has 26 heavy (non-hydrogen) atoms. The molecule has 0 fully saturated rings. The van der Waals surface area contributed by atoms with Crippen molar-refractivity contribution >= 4 is 40.3 Å². The lowest BCUT2D eigenvalue weighted by Crippen LogP contribution is -2.14. The van der Waals surface area contributed by atoms with E-state index in [0.717, 1.165) is 11.4 Å². The Bertz CT molecular complexity index is 995. The summed E-state index contributed by atoms with van der Waals surface area (Å²) in [5, 5.41) is 12.8. The van der Waals surface area contributed by atoms with Crippen LogP contribution in [0, 0.1) is 0 Å². The molecule has 6 heteroatoms. The highest BCUT2D eigenvalue weighted by Crippen LogP contribution is 2.24. The Labute approximate surface area is 154 Å². The van der Waals surface area contributed by atoms with Crippen molar-refractivity contribution < 1.29 is 4.79 Å². The van der Waals surface area contributed by atoms with Gasteiger partial charge in [-0.2, -0.15) is 4.68 Å². The zero-order chi connectivity index (χ0) is 17.8. The second kappa shape index (κ2) is 7.25. The van der Waals surface area contributed by atoms with Gasteiger partial charge in [-0.25, -0.2) is 0 Å². The molecule has 0 unspecified atom stereocenters. The maximum absolute atomic E-state index is 12.8. The van der Waals surface area contributed by atoms with Crippen molar-refractivity contribution in [2.24, 2.45) is 0 Å². The molecule has 128 valence electrons. The van der Waals surface area contributed by atoms with Crippen LogP contribution < -0.4 is 10.6 Å². The number of rotatable bonds is 5. The fraction of sp³-hybridized carbons (Fsp3) is 0. The molecule has 0 radical (unpaired) electrons. The van der Waals surface area contributed by atoms with E-state index in [2.05, 4.69) is 15.7 Å². The van der Waals surface area contributed by atoms with Crippen LogP contribution >= 0.6 is 11.3 Å². The summed E-state index contributed by atoms with van der Waals surface area (Å²) in [5.74, 6) is 1.03. The first-order valence-corrected chi connectivity index (χ1v) is 9.00. The maximum Gasteiger partial charge on any atom is 0.290 e. The Hall–Kier alpha value is -3.38. The van der Waals surface area contributed by atoms with Crippen molar-refractivity contribution in [3.8, 4) is 0 Å². The zero-order valence-corrected chi connectivity index (χ0v) is 14.6. The molecule has 2 aromatic carbocycles. The Morgan fingerprint density at radius 3 is 2.12 bits per heavy atom. The van der Waals surface area contributed by atoms with Crippen molar-refractivity contribution in [3.05, 3.63) is 89.1 Å². The first-order valence-electron chi connectivity index (χ1n) is 8.12. The number of carbonyl (C=O) groups is 1. The molecule has 0 spiro atoms. The first-order chi connectivity index (χ1) is 12.8. The van der Waals surface area contributed by atoms with E-state index in [1.54, 1.807) is 6.07 Å². The smallest absolute Gasteiger partial charge is 0.290 e. The highest BCUT2D eigenvalue weighted by atomic mass is 32.1. The molecule has 2 aromatic heterocycles. The van der Waals surface area contributed by atoms with Gasteiger partial charge in [0.1, 0.15) is 5.82 Å².